The van der Waals surface area contributed by atoms with Gasteiger partial charge in [-0.1, -0.05) is 0 Å². The zero-order valence-corrected chi connectivity index (χ0v) is 9.77. The van der Waals surface area contributed by atoms with Crippen LogP contribution in [0.15, 0.2) is 6.20 Å². The third kappa shape index (κ3) is 6.23. The predicted octanol–water partition coefficient (Wildman–Crippen LogP) is 1.38. The summed E-state index contributed by atoms with van der Waals surface area (Å²) in [4.78, 5) is 5.39. The molecule has 0 bridgehead atoms. The fourth-order valence-electron chi connectivity index (χ4n) is 0.758. The number of nitrogens with one attached hydrogen (secondary N) is 1. The summed E-state index contributed by atoms with van der Waals surface area (Å²) in [7, 11) is 0. The monoisotopic (exact) mass is 244 g/mol. The molecule has 0 saturated heterocycles. The van der Waals surface area contributed by atoms with Crippen molar-refractivity contribution in [2.45, 2.75) is 13.5 Å². The molecule has 1 heterocycles. The fraction of sp³-hybridized carbons (Fsp3) is 0.571. The lowest BCUT2D eigenvalue weighted by atomic mass is 10.6. The molecule has 0 aliphatic rings. The number of aryl methyl sites for hydroxylation is 1. The number of nitrogens with zero attached hydrogens (tertiary/aromatic N) is 1. The molecule has 6 heteroatoms. The number of rotatable bonds is 4. The van der Waals surface area contributed by atoms with Gasteiger partial charge in [-0.15, -0.1) is 36.2 Å². The highest BCUT2D eigenvalue weighted by Crippen LogP contribution is 2.09. The molecule has 1 aromatic heterocycles. The van der Waals surface area contributed by atoms with Gasteiger partial charge in [-0.25, -0.2) is 4.98 Å². The molecule has 3 nitrogen and oxygen atoms in total. The SMILES string of the molecule is Cc1cnc(CNCCO)s1.Cl.Cl. The third-order valence-corrected chi connectivity index (χ3v) is 2.15. The van der Waals surface area contributed by atoms with Crippen molar-refractivity contribution in [2.24, 2.45) is 0 Å². The maximum Gasteiger partial charge on any atom is 0.107 e. The minimum atomic E-state index is 0. The van der Waals surface area contributed by atoms with E-state index in [0.29, 0.717) is 6.54 Å². The summed E-state index contributed by atoms with van der Waals surface area (Å²) in [6, 6.07) is 0. The van der Waals surface area contributed by atoms with Gasteiger partial charge in [0.2, 0.25) is 0 Å². The number of aliphatic hydroxyl groups is 1. The first-order valence-electron chi connectivity index (χ1n) is 3.56. The zero-order chi connectivity index (χ0) is 8.10. The lowest BCUT2D eigenvalue weighted by molar-refractivity contribution is 0.292. The lowest BCUT2D eigenvalue weighted by Crippen LogP contribution is -2.17. The van der Waals surface area contributed by atoms with E-state index < -0.39 is 0 Å². The van der Waals surface area contributed by atoms with Crippen LogP contribution in [0.25, 0.3) is 0 Å². The van der Waals surface area contributed by atoms with E-state index >= 15 is 0 Å². The average Bonchev–Trinajstić information content (AvgIpc) is 2.37. The van der Waals surface area contributed by atoms with Gasteiger partial charge in [0.1, 0.15) is 5.01 Å². The molecule has 0 fully saturated rings. The van der Waals surface area contributed by atoms with E-state index in [1.165, 1.54) is 4.88 Å². The molecule has 1 rings (SSSR count). The summed E-state index contributed by atoms with van der Waals surface area (Å²) in [5, 5.41) is 12.6. The lowest BCUT2D eigenvalue weighted by Gasteiger charge is -1.96. The van der Waals surface area contributed by atoms with Crippen LogP contribution in [0.3, 0.4) is 0 Å². The van der Waals surface area contributed by atoms with Gasteiger partial charge in [-0.3, -0.25) is 0 Å². The summed E-state index contributed by atoms with van der Waals surface area (Å²) in [5.74, 6) is 0. The number of aromatic nitrogens is 1. The van der Waals surface area contributed by atoms with E-state index in [2.05, 4.69) is 10.3 Å². The number of thiazole rings is 1. The Morgan fingerprint density at radius 3 is 2.69 bits per heavy atom. The third-order valence-electron chi connectivity index (χ3n) is 1.23. The van der Waals surface area contributed by atoms with Crippen molar-refractivity contribution >= 4 is 36.2 Å². The van der Waals surface area contributed by atoms with Gasteiger partial charge in [0.15, 0.2) is 0 Å². The van der Waals surface area contributed by atoms with Crippen molar-refractivity contribution in [2.75, 3.05) is 13.2 Å². The van der Waals surface area contributed by atoms with Crippen molar-refractivity contribution in [3.63, 3.8) is 0 Å². The predicted molar refractivity (Wildman–Crippen MR) is 60.1 cm³/mol. The van der Waals surface area contributed by atoms with E-state index in [-0.39, 0.29) is 31.4 Å². The Morgan fingerprint density at radius 1 is 1.54 bits per heavy atom. The fourth-order valence-corrected chi connectivity index (χ4v) is 1.51. The van der Waals surface area contributed by atoms with Crippen molar-refractivity contribution in [3.05, 3.63) is 16.1 Å². The van der Waals surface area contributed by atoms with Crippen LogP contribution in [-0.4, -0.2) is 23.2 Å². The van der Waals surface area contributed by atoms with E-state index in [4.69, 9.17) is 5.11 Å². The molecule has 0 unspecified atom stereocenters. The standard InChI is InChI=1S/C7H12N2OS.2ClH/c1-6-4-9-7(11-6)5-8-2-3-10;;/h4,8,10H,2-3,5H2,1H3;2*1H. The second kappa shape index (κ2) is 8.72. The largest absolute Gasteiger partial charge is 0.395 e. The Morgan fingerprint density at radius 2 is 2.23 bits per heavy atom. The molecule has 0 atom stereocenters. The molecule has 0 aromatic carbocycles. The van der Waals surface area contributed by atoms with Crippen LogP contribution in [-0.2, 0) is 6.54 Å². The first-order valence-corrected chi connectivity index (χ1v) is 4.37. The van der Waals surface area contributed by atoms with Crippen molar-refractivity contribution in [1.82, 2.24) is 10.3 Å². The second-order valence-corrected chi connectivity index (χ2v) is 3.58. The van der Waals surface area contributed by atoms with Gasteiger partial charge in [0.25, 0.3) is 0 Å². The molecule has 0 radical (unpaired) electrons. The van der Waals surface area contributed by atoms with Gasteiger partial charge in [0, 0.05) is 24.2 Å². The molecule has 0 saturated carbocycles. The van der Waals surface area contributed by atoms with Gasteiger partial charge >= 0.3 is 0 Å². The first kappa shape index (κ1) is 15.6. The molecule has 0 aliphatic carbocycles. The van der Waals surface area contributed by atoms with Gasteiger partial charge in [-0.2, -0.15) is 0 Å². The average molecular weight is 245 g/mol. The minimum absolute atomic E-state index is 0. The highest BCUT2D eigenvalue weighted by molar-refractivity contribution is 7.11. The molecule has 78 valence electrons. The van der Waals surface area contributed by atoms with Crippen molar-refractivity contribution < 1.29 is 5.11 Å². The van der Waals surface area contributed by atoms with Crippen LogP contribution in [0.5, 0.6) is 0 Å². The summed E-state index contributed by atoms with van der Waals surface area (Å²) >= 11 is 1.68. The molecular formula is C7H14Cl2N2OS. The molecule has 0 aliphatic heterocycles. The Labute approximate surface area is 94.4 Å². The van der Waals surface area contributed by atoms with Crippen LogP contribution in [0.1, 0.15) is 9.88 Å². The summed E-state index contributed by atoms with van der Waals surface area (Å²) in [6.07, 6.45) is 1.86. The summed E-state index contributed by atoms with van der Waals surface area (Å²) in [5.41, 5.74) is 0. The summed E-state index contributed by atoms with van der Waals surface area (Å²) in [6.45, 7) is 3.62. The summed E-state index contributed by atoms with van der Waals surface area (Å²) < 4.78 is 0. The van der Waals surface area contributed by atoms with E-state index in [9.17, 15) is 0 Å². The molecule has 13 heavy (non-hydrogen) atoms. The van der Waals surface area contributed by atoms with Crippen LogP contribution >= 0.6 is 36.2 Å². The highest BCUT2D eigenvalue weighted by atomic mass is 35.5. The molecule has 0 spiro atoms. The Hall–Kier alpha value is 0.130. The number of hydrogen-bond donors (Lipinski definition) is 2. The Balaban J connectivity index is 0. The normalized spacial score (nSPS) is 8.77. The van der Waals surface area contributed by atoms with Crippen LogP contribution < -0.4 is 5.32 Å². The number of hydrogen-bond acceptors (Lipinski definition) is 4. The minimum Gasteiger partial charge on any atom is -0.395 e. The smallest absolute Gasteiger partial charge is 0.107 e. The molecule has 0 amide bonds. The van der Waals surface area contributed by atoms with Gasteiger partial charge < -0.3 is 10.4 Å². The number of aliphatic hydroxyl groups excluding tert-OH is 1. The van der Waals surface area contributed by atoms with Crippen molar-refractivity contribution in [3.8, 4) is 0 Å². The molecule has 1 aromatic rings. The van der Waals surface area contributed by atoms with Crippen molar-refractivity contribution in [1.29, 1.82) is 0 Å². The maximum absolute atomic E-state index is 8.47. The molecular weight excluding hydrogens is 231 g/mol. The van der Waals surface area contributed by atoms with E-state index in [1.807, 2.05) is 13.1 Å². The van der Waals surface area contributed by atoms with E-state index in [1.54, 1.807) is 11.3 Å². The number of halogens is 2. The maximum atomic E-state index is 8.47. The zero-order valence-electron chi connectivity index (χ0n) is 7.32. The Kier molecular flexibility index (Phi) is 10.5. The Bertz CT molecular complexity index is 220. The van der Waals surface area contributed by atoms with Crippen LogP contribution in [0.4, 0.5) is 0 Å². The first-order chi connectivity index (χ1) is 5.33. The second-order valence-electron chi connectivity index (χ2n) is 2.27. The van der Waals surface area contributed by atoms with Crippen LogP contribution in [0.2, 0.25) is 0 Å². The van der Waals surface area contributed by atoms with E-state index in [0.717, 1.165) is 11.6 Å². The quantitative estimate of drug-likeness (QED) is 0.788. The molecule has 2 N–H and O–H groups in total. The topological polar surface area (TPSA) is 45.2 Å². The highest BCUT2D eigenvalue weighted by Gasteiger charge is 1.95. The van der Waals surface area contributed by atoms with Gasteiger partial charge in [-0.05, 0) is 6.92 Å². The van der Waals surface area contributed by atoms with Crippen LogP contribution in [0, 0.1) is 6.92 Å². The van der Waals surface area contributed by atoms with Gasteiger partial charge in [0.05, 0.1) is 6.61 Å².